The summed E-state index contributed by atoms with van der Waals surface area (Å²) in [6.07, 6.45) is -0.287. The molecular formula is C21H35N3O4S. The second-order valence-corrected chi connectivity index (χ2v) is 10.2. The zero-order valence-corrected chi connectivity index (χ0v) is 19.2. The SMILES string of the molecule is CC(C)N(CCNC(=O)c1ccc(S(=O)(=O)N2C[C@@H](C)O[C@H](C)C2)cc1)C(C)C. The van der Waals surface area contributed by atoms with Crippen LogP contribution in [0.2, 0.25) is 0 Å². The van der Waals surface area contributed by atoms with Gasteiger partial charge in [0, 0.05) is 43.8 Å². The third-order valence-corrected chi connectivity index (χ3v) is 6.97. The fourth-order valence-corrected chi connectivity index (χ4v) is 5.36. The zero-order chi connectivity index (χ0) is 21.8. The van der Waals surface area contributed by atoms with Gasteiger partial charge in [-0.25, -0.2) is 8.42 Å². The molecule has 1 saturated heterocycles. The van der Waals surface area contributed by atoms with Crippen LogP contribution in [0.1, 0.15) is 51.9 Å². The third-order valence-electron chi connectivity index (χ3n) is 5.12. The van der Waals surface area contributed by atoms with Gasteiger partial charge in [-0.3, -0.25) is 9.69 Å². The largest absolute Gasteiger partial charge is 0.373 e. The van der Waals surface area contributed by atoms with Crippen molar-refractivity contribution in [3.05, 3.63) is 29.8 Å². The van der Waals surface area contributed by atoms with E-state index in [9.17, 15) is 13.2 Å². The van der Waals surface area contributed by atoms with Crippen molar-refractivity contribution in [2.24, 2.45) is 0 Å². The van der Waals surface area contributed by atoms with Crippen LogP contribution in [0, 0.1) is 0 Å². The molecule has 1 aromatic rings. The number of amides is 1. The molecule has 2 atom stereocenters. The summed E-state index contributed by atoms with van der Waals surface area (Å²) in [5.41, 5.74) is 0.452. The summed E-state index contributed by atoms with van der Waals surface area (Å²) in [6.45, 7) is 14.2. The normalized spacial score (nSPS) is 21.1. The van der Waals surface area contributed by atoms with Gasteiger partial charge in [-0.05, 0) is 65.8 Å². The molecule has 1 aliphatic heterocycles. The number of hydrogen-bond acceptors (Lipinski definition) is 5. The average Bonchev–Trinajstić information content (AvgIpc) is 2.63. The van der Waals surface area contributed by atoms with Crippen LogP contribution in [-0.4, -0.2) is 74.0 Å². The molecule has 0 radical (unpaired) electrons. The highest BCUT2D eigenvalue weighted by Crippen LogP contribution is 2.21. The van der Waals surface area contributed by atoms with Gasteiger partial charge in [0.25, 0.3) is 5.91 Å². The summed E-state index contributed by atoms with van der Waals surface area (Å²) in [7, 11) is -3.60. The lowest BCUT2D eigenvalue weighted by Crippen LogP contribution is -2.48. The van der Waals surface area contributed by atoms with Gasteiger partial charge in [0.05, 0.1) is 17.1 Å². The Bertz CT molecular complexity index is 760. The van der Waals surface area contributed by atoms with Crippen LogP contribution in [-0.2, 0) is 14.8 Å². The van der Waals surface area contributed by atoms with E-state index in [-0.39, 0.29) is 23.0 Å². The molecule has 7 nitrogen and oxygen atoms in total. The van der Waals surface area contributed by atoms with Gasteiger partial charge >= 0.3 is 0 Å². The minimum absolute atomic E-state index is 0.144. The predicted octanol–water partition coefficient (Wildman–Crippen LogP) is 2.33. The molecular weight excluding hydrogens is 390 g/mol. The van der Waals surface area contributed by atoms with Crippen molar-refractivity contribution >= 4 is 15.9 Å². The minimum atomic E-state index is -3.60. The highest BCUT2D eigenvalue weighted by molar-refractivity contribution is 7.89. The maximum Gasteiger partial charge on any atom is 0.251 e. The topological polar surface area (TPSA) is 79.0 Å². The van der Waals surface area contributed by atoms with Gasteiger partial charge in [0.2, 0.25) is 10.0 Å². The van der Waals surface area contributed by atoms with Crippen molar-refractivity contribution in [2.75, 3.05) is 26.2 Å². The lowest BCUT2D eigenvalue weighted by atomic mass is 10.2. The molecule has 0 bridgehead atoms. The number of rotatable bonds is 8. The molecule has 1 N–H and O–H groups in total. The number of nitrogens with zero attached hydrogens (tertiary/aromatic N) is 2. The number of nitrogens with one attached hydrogen (secondary N) is 1. The Kier molecular flexibility index (Phi) is 8.22. The van der Waals surface area contributed by atoms with Gasteiger partial charge in [-0.2, -0.15) is 4.31 Å². The van der Waals surface area contributed by atoms with Crippen LogP contribution in [0.3, 0.4) is 0 Å². The number of morpholine rings is 1. The number of ether oxygens (including phenoxy) is 1. The fourth-order valence-electron chi connectivity index (χ4n) is 3.77. The van der Waals surface area contributed by atoms with Crippen molar-refractivity contribution in [2.45, 2.75) is 70.7 Å². The van der Waals surface area contributed by atoms with Crippen molar-refractivity contribution in [1.29, 1.82) is 0 Å². The Morgan fingerprint density at radius 1 is 1.10 bits per heavy atom. The second-order valence-electron chi connectivity index (χ2n) is 8.28. The molecule has 8 heteroatoms. The van der Waals surface area contributed by atoms with E-state index in [4.69, 9.17) is 4.74 Å². The summed E-state index contributed by atoms with van der Waals surface area (Å²) in [6, 6.07) is 6.95. The Morgan fingerprint density at radius 3 is 2.10 bits per heavy atom. The summed E-state index contributed by atoms with van der Waals surface area (Å²) in [4.78, 5) is 14.9. The molecule has 1 fully saturated rings. The van der Waals surface area contributed by atoms with Gasteiger partial charge < -0.3 is 10.1 Å². The molecule has 164 valence electrons. The number of sulfonamides is 1. The summed E-state index contributed by atoms with van der Waals surface area (Å²) >= 11 is 0. The molecule has 2 rings (SSSR count). The smallest absolute Gasteiger partial charge is 0.251 e. The predicted molar refractivity (Wildman–Crippen MR) is 115 cm³/mol. The molecule has 29 heavy (non-hydrogen) atoms. The quantitative estimate of drug-likeness (QED) is 0.692. The zero-order valence-electron chi connectivity index (χ0n) is 18.4. The average molecular weight is 426 g/mol. The first-order chi connectivity index (χ1) is 13.5. The number of carbonyl (C=O) groups is 1. The molecule has 0 unspecified atom stereocenters. The molecule has 1 aliphatic rings. The molecule has 0 spiro atoms. The van der Waals surface area contributed by atoms with Gasteiger partial charge in [0.1, 0.15) is 0 Å². The van der Waals surface area contributed by atoms with Crippen molar-refractivity contribution in [3.8, 4) is 0 Å². The minimum Gasteiger partial charge on any atom is -0.373 e. The van der Waals surface area contributed by atoms with Crippen LogP contribution in [0.5, 0.6) is 0 Å². The van der Waals surface area contributed by atoms with E-state index in [1.165, 1.54) is 16.4 Å². The van der Waals surface area contributed by atoms with E-state index in [0.717, 1.165) is 6.54 Å². The summed E-state index contributed by atoms with van der Waals surface area (Å²) < 4.78 is 32.9. The summed E-state index contributed by atoms with van der Waals surface area (Å²) in [5, 5.41) is 2.92. The molecule has 0 saturated carbocycles. The Morgan fingerprint density at radius 2 is 1.62 bits per heavy atom. The van der Waals surface area contributed by atoms with Crippen molar-refractivity contribution in [1.82, 2.24) is 14.5 Å². The first-order valence-electron chi connectivity index (χ1n) is 10.3. The molecule has 1 heterocycles. The highest BCUT2D eigenvalue weighted by atomic mass is 32.2. The molecule has 0 aliphatic carbocycles. The Hall–Kier alpha value is -1.48. The number of carbonyl (C=O) groups excluding carboxylic acids is 1. The van der Waals surface area contributed by atoms with Crippen molar-refractivity contribution < 1.29 is 17.9 Å². The van der Waals surface area contributed by atoms with Crippen LogP contribution in [0.15, 0.2) is 29.2 Å². The third kappa shape index (κ3) is 6.25. The monoisotopic (exact) mass is 425 g/mol. The number of hydrogen-bond donors (Lipinski definition) is 1. The lowest BCUT2D eigenvalue weighted by molar-refractivity contribution is -0.0440. The van der Waals surface area contributed by atoms with Crippen LogP contribution >= 0.6 is 0 Å². The lowest BCUT2D eigenvalue weighted by Gasteiger charge is -2.34. The number of benzene rings is 1. The molecule has 1 amide bonds. The van der Waals surface area contributed by atoms with Gasteiger partial charge in [0.15, 0.2) is 0 Å². The standard InChI is InChI=1S/C21H35N3O4S/c1-15(2)24(16(3)4)12-11-22-21(25)19-7-9-20(10-8-19)29(26,27)23-13-17(5)28-18(6)14-23/h7-10,15-18H,11-14H2,1-6H3,(H,22,25)/t17-,18-/m1/s1. The van der Waals surface area contributed by atoms with E-state index >= 15 is 0 Å². The Labute approximate surface area is 175 Å². The van der Waals surface area contributed by atoms with Crippen molar-refractivity contribution in [3.63, 3.8) is 0 Å². The van der Waals surface area contributed by atoms with E-state index in [2.05, 4.69) is 37.9 Å². The van der Waals surface area contributed by atoms with Crippen LogP contribution < -0.4 is 5.32 Å². The highest BCUT2D eigenvalue weighted by Gasteiger charge is 2.32. The van der Waals surface area contributed by atoms with Gasteiger partial charge in [-0.1, -0.05) is 0 Å². The summed E-state index contributed by atoms with van der Waals surface area (Å²) in [5.74, 6) is -0.199. The Balaban J connectivity index is 1.99. The first-order valence-corrected chi connectivity index (χ1v) is 11.8. The van der Waals surface area contributed by atoms with E-state index in [0.29, 0.717) is 37.3 Å². The fraction of sp³-hybridized carbons (Fsp3) is 0.667. The van der Waals surface area contributed by atoms with E-state index in [1.807, 2.05) is 13.8 Å². The van der Waals surface area contributed by atoms with E-state index < -0.39 is 10.0 Å². The molecule has 0 aromatic heterocycles. The van der Waals surface area contributed by atoms with E-state index in [1.54, 1.807) is 12.1 Å². The second kappa shape index (κ2) is 10.0. The maximum atomic E-state index is 12.9. The van der Waals surface area contributed by atoms with Crippen LogP contribution in [0.4, 0.5) is 0 Å². The van der Waals surface area contributed by atoms with Crippen LogP contribution in [0.25, 0.3) is 0 Å². The maximum absolute atomic E-state index is 12.9. The first kappa shape index (κ1) is 23.8. The van der Waals surface area contributed by atoms with Gasteiger partial charge in [-0.15, -0.1) is 0 Å². The molecule has 1 aromatic carbocycles.